The molecule has 0 spiro atoms. The molecule has 3 nitrogen and oxygen atoms in total. The van der Waals surface area contributed by atoms with E-state index in [0.717, 1.165) is 30.3 Å². The Balaban J connectivity index is 0.000000354. The van der Waals surface area contributed by atoms with E-state index in [-0.39, 0.29) is 0 Å². The largest absolute Gasteiger partial charge is 0.508 e. The Morgan fingerprint density at radius 1 is 1.00 bits per heavy atom. The smallest absolute Gasteiger partial charge is 0.150 e. The van der Waals surface area contributed by atoms with Gasteiger partial charge in [-0.15, -0.1) is 0 Å². The highest BCUT2D eigenvalue weighted by Crippen LogP contribution is 2.17. The first kappa shape index (κ1) is 18.6. The predicted octanol–water partition coefficient (Wildman–Crippen LogP) is 4.05. The average Bonchev–Trinajstić information content (AvgIpc) is 2.57. The summed E-state index contributed by atoms with van der Waals surface area (Å²) in [6.07, 6.45) is 4.15. The van der Waals surface area contributed by atoms with E-state index in [2.05, 4.69) is 6.92 Å². The van der Waals surface area contributed by atoms with Gasteiger partial charge in [0.2, 0.25) is 0 Å². The number of phenolic OH excluding ortho intramolecular Hbond substituents is 1. The number of rotatable bonds is 4. The van der Waals surface area contributed by atoms with Crippen LogP contribution in [0.2, 0.25) is 0 Å². The monoisotopic (exact) mass is 286 g/mol. The SMILES string of the molecule is C=O.CCCCc1ccccc1O.O=Cc1ccccc1. The fraction of sp³-hybridized carbons (Fsp3) is 0.222. The number of hydrogen-bond acceptors (Lipinski definition) is 3. The molecule has 21 heavy (non-hydrogen) atoms. The molecule has 0 aliphatic rings. The van der Waals surface area contributed by atoms with Crippen molar-refractivity contribution >= 4 is 13.1 Å². The van der Waals surface area contributed by atoms with Crippen LogP contribution >= 0.6 is 0 Å². The molecule has 0 heterocycles. The van der Waals surface area contributed by atoms with Crippen LogP contribution in [0.5, 0.6) is 5.75 Å². The standard InChI is InChI=1S/C10H14O.C7H6O.CH2O/c1-2-3-6-9-7-4-5-8-10(9)11;8-6-7-4-2-1-3-5-7;1-2/h4-5,7-8,11H,2-3,6H2,1H3;1-6H;1H2. The minimum absolute atomic E-state index is 0.431. The van der Waals surface area contributed by atoms with Gasteiger partial charge >= 0.3 is 0 Å². The van der Waals surface area contributed by atoms with Crippen LogP contribution in [0, 0.1) is 0 Å². The highest BCUT2D eigenvalue weighted by atomic mass is 16.3. The van der Waals surface area contributed by atoms with Crippen LogP contribution < -0.4 is 0 Å². The molecular weight excluding hydrogens is 264 g/mol. The highest BCUT2D eigenvalue weighted by molar-refractivity contribution is 5.74. The molecule has 2 aromatic rings. The van der Waals surface area contributed by atoms with Crippen molar-refractivity contribution in [2.45, 2.75) is 26.2 Å². The molecule has 0 radical (unpaired) electrons. The predicted molar refractivity (Wildman–Crippen MR) is 85.7 cm³/mol. The van der Waals surface area contributed by atoms with E-state index in [1.54, 1.807) is 18.2 Å². The molecule has 2 rings (SSSR count). The maximum Gasteiger partial charge on any atom is 0.150 e. The molecule has 0 amide bonds. The maximum absolute atomic E-state index is 10.0. The molecule has 0 unspecified atom stereocenters. The molecule has 1 N–H and O–H groups in total. The summed E-state index contributed by atoms with van der Waals surface area (Å²) >= 11 is 0. The summed E-state index contributed by atoms with van der Waals surface area (Å²) < 4.78 is 0. The van der Waals surface area contributed by atoms with E-state index in [1.165, 1.54) is 6.42 Å². The lowest BCUT2D eigenvalue weighted by molar-refractivity contribution is -0.0980. The molecule has 0 aliphatic heterocycles. The summed E-state index contributed by atoms with van der Waals surface area (Å²) in [5, 5.41) is 9.34. The number of benzene rings is 2. The van der Waals surface area contributed by atoms with Gasteiger partial charge in [0.1, 0.15) is 18.8 Å². The Hall–Kier alpha value is -2.42. The van der Waals surface area contributed by atoms with Crippen molar-refractivity contribution < 1.29 is 14.7 Å². The van der Waals surface area contributed by atoms with Crippen LogP contribution in [0.1, 0.15) is 35.7 Å². The number of aryl methyl sites for hydroxylation is 1. The van der Waals surface area contributed by atoms with Crippen molar-refractivity contribution in [2.24, 2.45) is 0 Å². The second-order valence-corrected chi connectivity index (χ2v) is 4.26. The zero-order valence-electron chi connectivity index (χ0n) is 12.4. The van der Waals surface area contributed by atoms with Gasteiger partial charge in [0.15, 0.2) is 0 Å². The van der Waals surface area contributed by atoms with Gasteiger partial charge in [-0.1, -0.05) is 61.9 Å². The molecule has 0 aromatic heterocycles. The first-order valence-electron chi connectivity index (χ1n) is 6.84. The molecule has 0 aliphatic carbocycles. The van der Waals surface area contributed by atoms with Crippen molar-refractivity contribution in [3.05, 3.63) is 65.7 Å². The summed E-state index contributed by atoms with van der Waals surface area (Å²) in [5.74, 6) is 0.431. The maximum atomic E-state index is 10.0. The normalized spacial score (nSPS) is 8.62. The first-order chi connectivity index (χ1) is 10.3. The fourth-order valence-corrected chi connectivity index (χ4v) is 1.62. The third-order valence-corrected chi connectivity index (χ3v) is 2.73. The lowest BCUT2D eigenvalue weighted by atomic mass is 10.1. The van der Waals surface area contributed by atoms with Gasteiger partial charge in [-0.25, -0.2) is 0 Å². The van der Waals surface area contributed by atoms with Crippen molar-refractivity contribution in [1.29, 1.82) is 0 Å². The zero-order valence-corrected chi connectivity index (χ0v) is 12.4. The Bertz CT molecular complexity index is 495. The summed E-state index contributed by atoms with van der Waals surface area (Å²) in [7, 11) is 0. The Labute approximate surface area is 126 Å². The van der Waals surface area contributed by atoms with Crippen LogP contribution in [-0.4, -0.2) is 18.2 Å². The van der Waals surface area contributed by atoms with Gasteiger partial charge in [-0.2, -0.15) is 0 Å². The van der Waals surface area contributed by atoms with E-state index in [4.69, 9.17) is 4.79 Å². The molecule has 2 aromatic carbocycles. The average molecular weight is 286 g/mol. The van der Waals surface area contributed by atoms with Gasteiger partial charge < -0.3 is 9.90 Å². The summed E-state index contributed by atoms with van der Waals surface area (Å²) in [6.45, 7) is 4.15. The van der Waals surface area contributed by atoms with Crippen LogP contribution in [0.15, 0.2) is 54.6 Å². The number of carbonyl (C=O) groups is 2. The third-order valence-electron chi connectivity index (χ3n) is 2.73. The highest BCUT2D eigenvalue weighted by Gasteiger charge is 1.96. The number of aromatic hydroxyl groups is 1. The lowest BCUT2D eigenvalue weighted by Gasteiger charge is -2.01. The summed E-state index contributed by atoms with van der Waals surface area (Å²) in [6, 6.07) is 16.6. The molecule has 3 heteroatoms. The van der Waals surface area contributed by atoms with E-state index in [0.29, 0.717) is 5.75 Å². The summed E-state index contributed by atoms with van der Waals surface area (Å²) in [5.41, 5.74) is 1.79. The van der Waals surface area contributed by atoms with Crippen LogP contribution in [0.25, 0.3) is 0 Å². The van der Waals surface area contributed by atoms with E-state index >= 15 is 0 Å². The number of phenols is 1. The molecule has 0 fully saturated rings. The topological polar surface area (TPSA) is 54.4 Å². The van der Waals surface area contributed by atoms with Crippen LogP contribution in [-0.2, 0) is 11.2 Å². The van der Waals surface area contributed by atoms with Gasteiger partial charge in [-0.05, 0) is 24.5 Å². The van der Waals surface area contributed by atoms with Crippen molar-refractivity contribution in [3.63, 3.8) is 0 Å². The number of carbonyl (C=O) groups excluding carboxylic acids is 2. The minimum atomic E-state index is 0.431. The molecule has 0 saturated heterocycles. The van der Waals surface area contributed by atoms with Crippen LogP contribution in [0.4, 0.5) is 0 Å². The molecule has 0 saturated carbocycles. The van der Waals surface area contributed by atoms with Gasteiger partial charge in [0, 0.05) is 5.56 Å². The summed E-state index contributed by atoms with van der Waals surface area (Å²) in [4.78, 5) is 18.0. The zero-order chi connectivity index (χ0) is 15.9. The fourth-order valence-electron chi connectivity index (χ4n) is 1.62. The lowest BCUT2D eigenvalue weighted by Crippen LogP contribution is -1.83. The van der Waals surface area contributed by atoms with Crippen molar-refractivity contribution in [2.75, 3.05) is 0 Å². The molecule has 112 valence electrons. The first-order valence-corrected chi connectivity index (χ1v) is 6.84. The van der Waals surface area contributed by atoms with E-state index in [1.807, 2.05) is 43.2 Å². The van der Waals surface area contributed by atoms with E-state index < -0.39 is 0 Å². The Morgan fingerprint density at radius 3 is 2.05 bits per heavy atom. The Kier molecular flexibility index (Phi) is 11.2. The third kappa shape index (κ3) is 8.37. The number of aldehydes is 1. The second kappa shape index (κ2) is 12.6. The van der Waals surface area contributed by atoms with Crippen LogP contribution in [0.3, 0.4) is 0 Å². The number of unbranched alkanes of at least 4 members (excludes halogenated alkanes) is 1. The molecule has 0 bridgehead atoms. The van der Waals surface area contributed by atoms with Crippen molar-refractivity contribution in [1.82, 2.24) is 0 Å². The van der Waals surface area contributed by atoms with Gasteiger partial charge in [0.25, 0.3) is 0 Å². The van der Waals surface area contributed by atoms with E-state index in [9.17, 15) is 9.90 Å². The number of hydrogen-bond donors (Lipinski definition) is 1. The molecular formula is C18H22O3. The quantitative estimate of drug-likeness (QED) is 0.863. The second-order valence-electron chi connectivity index (χ2n) is 4.26. The minimum Gasteiger partial charge on any atom is -0.508 e. The van der Waals surface area contributed by atoms with Gasteiger partial charge in [0.05, 0.1) is 0 Å². The number of para-hydroxylation sites is 1. The Morgan fingerprint density at radius 2 is 1.57 bits per heavy atom. The van der Waals surface area contributed by atoms with Gasteiger partial charge in [-0.3, -0.25) is 4.79 Å². The van der Waals surface area contributed by atoms with Crippen molar-refractivity contribution in [3.8, 4) is 5.75 Å². The molecule has 0 atom stereocenters.